The molecule has 0 saturated carbocycles. The maximum absolute atomic E-state index is 12.8. The highest BCUT2D eigenvalue weighted by Gasteiger charge is 2.23. The van der Waals surface area contributed by atoms with Crippen LogP contribution in [0.25, 0.3) is 22.5 Å². The second-order valence-corrected chi connectivity index (χ2v) is 10.2. The second kappa shape index (κ2) is 11.0. The first-order valence-electron chi connectivity index (χ1n) is 11.1. The largest absolute Gasteiger partial charge is 0.465 e. The van der Waals surface area contributed by atoms with Crippen LogP contribution >= 0.6 is 23.1 Å². The predicted octanol–water partition coefficient (Wildman–Crippen LogP) is 5.10. The first-order chi connectivity index (χ1) is 17.3. The summed E-state index contributed by atoms with van der Waals surface area (Å²) in [4.78, 5) is 27.4. The Hall–Kier alpha value is -3.63. The molecular weight excluding hydrogens is 494 g/mol. The van der Waals surface area contributed by atoms with Crippen molar-refractivity contribution in [2.75, 3.05) is 37.2 Å². The number of methoxy groups -OCH3 is 1. The van der Waals surface area contributed by atoms with Gasteiger partial charge < -0.3 is 19.5 Å². The van der Waals surface area contributed by atoms with E-state index in [-0.39, 0.29) is 11.7 Å². The number of carbonyl (C=O) groups is 2. The number of aromatic nitrogens is 3. The number of esters is 1. The SMILES string of the molecule is COC(=O)c1c(-c2ccc(C)cc2)csc1NC(=O)CSc1nnc(-c2ccc(N(C)C)cc2)n1C. The van der Waals surface area contributed by atoms with Crippen molar-refractivity contribution in [2.24, 2.45) is 7.05 Å². The van der Waals surface area contributed by atoms with Gasteiger partial charge in [-0.2, -0.15) is 0 Å². The van der Waals surface area contributed by atoms with Crippen LogP contribution in [0.1, 0.15) is 15.9 Å². The number of amides is 1. The van der Waals surface area contributed by atoms with Crippen molar-refractivity contribution < 1.29 is 14.3 Å². The normalized spacial score (nSPS) is 10.8. The number of anilines is 2. The molecule has 0 saturated heterocycles. The van der Waals surface area contributed by atoms with Gasteiger partial charge in [0, 0.05) is 43.3 Å². The molecule has 36 heavy (non-hydrogen) atoms. The number of carbonyl (C=O) groups excluding carboxylic acids is 2. The van der Waals surface area contributed by atoms with Gasteiger partial charge in [-0.05, 0) is 36.8 Å². The zero-order valence-electron chi connectivity index (χ0n) is 20.7. The zero-order chi connectivity index (χ0) is 25.8. The highest BCUT2D eigenvalue weighted by atomic mass is 32.2. The smallest absolute Gasteiger partial charge is 0.341 e. The van der Waals surface area contributed by atoms with Gasteiger partial charge in [0.15, 0.2) is 11.0 Å². The number of thiophene rings is 1. The van der Waals surface area contributed by atoms with Crippen molar-refractivity contribution in [3.63, 3.8) is 0 Å². The Balaban J connectivity index is 1.46. The van der Waals surface area contributed by atoms with E-state index in [1.807, 2.05) is 91.4 Å². The van der Waals surface area contributed by atoms with Crippen LogP contribution in [0.4, 0.5) is 10.7 Å². The second-order valence-electron chi connectivity index (χ2n) is 8.35. The third-order valence-corrected chi connectivity index (χ3v) is 7.52. The lowest BCUT2D eigenvalue weighted by Crippen LogP contribution is -2.16. The van der Waals surface area contributed by atoms with Crippen molar-refractivity contribution in [2.45, 2.75) is 12.1 Å². The van der Waals surface area contributed by atoms with Crippen molar-refractivity contribution in [1.29, 1.82) is 0 Å². The van der Waals surface area contributed by atoms with Gasteiger partial charge in [-0.25, -0.2) is 4.79 Å². The zero-order valence-corrected chi connectivity index (χ0v) is 22.4. The molecule has 186 valence electrons. The standard InChI is InChI=1S/C26H27N5O3S2/c1-16-6-8-17(9-7-16)20-14-35-24(22(20)25(33)34-5)27-21(32)15-36-26-29-28-23(31(26)4)18-10-12-19(13-11-18)30(2)3/h6-14H,15H2,1-5H3,(H,27,32). The van der Waals surface area contributed by atoms with Crippen LogP contribution in [-0.2, 0) is 16.6 Å². The summed E-state index contributed by atoms with van der Waals surface area (Å²) < 4.78 is 6.86. The molecule has 2 heterocycles. The topological polar surface area (TPSA) is 89.3 Å². The molecule has 2 aromatic heterocycles. The fourth-order valence-electron chi connectivity index (χ4n) is 3.59. The maximum Gasteiger partial charge on any atom is 0.341 e. The highest BCUT2D eigenvalue weighted by Crippen LogP contribution is 2.36. The van der Waals surface area contributed by atoms with Crippen molar-refractivity contribution in [1.82, 2.24) is 14.8 Å². The van der Waals surface area contributed by atoms with E-state index in [4.69, 9.17) is 4.74 Å². The molecule has 8 nitrogen and oxygen atoms in total. The van der Waals surface area contributed by atoms with Crippen molar-refractivity contribution >= 4 is 45.7 Å². The van der Waals surface area contributed by atoms with Gasteiger partial charge >= 0.3 is 5.97 Å². The monoisotopic (exact) mass is 521 g/mol. The van der Waals surface area contributed by atoms with Gasteiger partial charge in [-0.1, -0.05) is 41.6 Å². The highest BCUT2D eigenvalue weighted by molar-refractivity contribution is 7.99. The van der Waals surface area contributed by atoms with E-state index >= 15 is 0 Å². The summed E-state index contributed by atoms with van der Waals surface area (Å²) in [6.45, 7) is 2.00. The van der Waals surface area contributed by atoms with Gasteiger partial charge in [-0.3, -0.25) is 4.79 Å². The van der Waals surface area contributed by atoms with E-state index in [0.29, 0.717) is 15.7 Å². The molecule has 0 fully saturated rings. The van der Waals surface area contributed by atoms with Crippen LogP contribution in [-0.4, -0.2) is 53.6 Å². The van der Waals surface area contributed by atoms with E-state index in [0.717, 1.165) is 33.8 Å². The Morgan fingerprint density at radius 1 is 1.06 bits per heavy atom. The minimum atomic E-state index is -0.493. The molecule has 2 aromatic carbocycles. The van der Waals surface area contributed by atoms with Crippen LogP contribution in [0, 0.1) is 6.92 Å². The van der Waals surface area contributed by atoms with Crippen molar-refractivity contribution in [3.8, 4) is 22.5 Å². The number of nitrogens with zero attached hydrogens (tertiary/aromatic N) is 4. The molecule has 0 aliphatic carbocycles. The number of nitrogens with one attached hydrogen (secondary N) is 1. The third-order valence-electron chi connectivity index (χ3n) is 5.61. The molecule has 0 bridgehead atoms. The summed E-state index contributed by atoms with van der Waals surface area (Å²) >= 11 is 2.58. The molecule has 0 aliphatic heterocycles. The predicted molar refractivity (Wildman–Crippen MR) is 146 cm³/mol. The number of thioether (sulfide) groups is 1. The lowest BCUT2D eigenvalue weighted by molar-refractivity contribution is -0.113. The Kier molecular flexibility index (Phi) is 7.76. The van der Waals surface area contributed by atoms with E-state index in [9.17, 15) is 9.59 Å². The summed E-state index contributed by atoms with van der Waals surface area (Å²) in [6, 6.07) is 15.9. The number of ether oxygens (including phenoxy) is 1. The summed E-state index contributed by atoms with van der Waals surface area (Å²) in [5.41, 5.74) is 5.13. The Bertz CT molecular complexity index is 1380. The summed E-state index contributed by atoms with van der Waals surface area (Å²) in [7, 11) is 7.19. The van der Waals surface area contributed by atoms with E-state index < -0.39 is 5.97 Å². The number of benzene rings is 2. The van der Waals surface area contributed by atoms with E-state index in [1.165, 1.54) is 30.2 Å². The number of rotatable bonds is 8. The fraction of sp³-hybridized carbons (Fsp3) is 0.231. The third kappa shape index (κ3) is 5.44. The average Bonchev–Trinajstić information content (AvgIpc) is 3.46. The lowest BCUT2D eigenvalue weighted by atomic mass is 10.0. The first-order valence-corrected chi connectivity index (χ1v) is 13.0. The molecule has 10 heteroatoms. The molecular formula is C26H27N5O3S2. The Labute approximate surface area is 218 Å². The number of hydrogen-bond acceptors (Lipinski definition) is 8. The van der Waals surface area contributed by atoms with Gasteiger partial charge in [0.1, 0.15) is 10.6 Å². The van der Waals surface area contributed by atoms with Gasteiger partial charge in [-0.15, -0.1) is 21.5 Å². The Morgan fingerprint density at radius 3 is 2.36 bits per heavy atom. The quantitative estimate of drug-likeness (QED) is 0.255. The molecule has 0 spiro atoms. The van der Waals surface area contributed by atoms with Crippen LogP contribution in [0.2, 0.25) is 0 Å². The molecule has 0 radical (unpaired) electrons. The molecule has 4 aromatic rings. The van der Waals surface area contributed by atoms with Crippen LogP contribution in [0.3, 0.4) is 0 Å². The summed E-state index contributed by atoms with van der Waals surface area (Å²) in [6.07, 6.45) is 0. The molecule has 0 aliphatic rings. The molecule has 1 amide bonds. The lowest BCUT2D eigenvalue weighted by Gasteiger charge is -2.12. The van der Waals surface area contributed by atoms with E-state index in [2.05, 4.69) is 15.5 Å². The fourth-order valence-corrected chi connectivity index (χ4v) is 5.28. The van der Waals surface area contributed by atoms with E-state index in [1.54, 1.807) is 0 Å². The minimum absolute atomic E-state index is 0.115. The summed E-state index contributed by atoms with van der Waals surface area (Å²) in [5.74, 6) is 0.0942. The molecule has 1 N–H and O–H groups in total. The number of hydrogen-bond donors (Lipinski definition) is 1. The summed E-state index contributed by atoms with van der Waals surface area (Å²) in [5, 5.41) is 14.4. The van der Waals surface area contributed by atoms with Crippen LogP contribution < -0.4 is 10.2 Å². The molecule has 4 rings (SSSR count). The molecule has 0 unspecified atom stereocenters. The Morgan fingerprint density at radius 2 is 1.72 bits per heavy atom. The molecule has 0 atom stereocenters. The maximum atomic E-state index is 12.8. The minimum Gasteiger partial charge on any atom is -0.465 e. The van der Waals surface area contributed by atoms with Gasteiger partial charge in [0.25, 0.3) is 0 Å². The van der Waals surface area contributed by atoms with Crippen LogP contribution in [0.15, 0.2) is 59.1 Å². The average molecular weight is 522 g/mol. The first kappa shape index (κ1) is 25.5. The van der Waals surface area contributed by atoms with Gasteiger partial charge in [0.2, 0.25) is 5.91 Å². The van der Waals surface area contributed by atoms with Crippen LogP contribution in [0.5, 0.6) is 0 Å². The van der Waals surface area contributed by atoms with Gasteiger partial charge in [0.05, 0.1) is 12.9 Å². The van der Waals surface area contributed by atoms with Crippen molar-refractivity contribution in [3.05, 3.63) is 65.0 Å². The number of aryl methyl sites for hydroxylation is 1.